The van der Waals surface area contributed by atoms with Gasteiger partial charge in [-0.2, -0.15) is 0 Å². The van der Waals surface area contributed by atoms with Crippen molar-refractivity contribution in [1.82, 2.24) is 9.80 Å². The molecular formula is C30H37N3O7. The van der Waals surface area contributed by atoms with E-state index in [9.17, 15) is 19.5 Å². The van der Waals surface area contributed by atoms with E-state index in [1.54, 1.807) is 48.5 Å². The van der Waals surface area contributed by atoms with Gasteiger partial charge in [0.1, 0.15) is 17.3 Å². The SMILES string of the molecule is CCCCOc1ccc(C(O)=C2C(=O)C(=O)N(CCCN3CCOCC3)C2c2ccc(OCC(N)=O)cc2)cc1. The lowest BCUT2D eigenvalue weighted by Gasteiger charge is -2.29. The molecule has 214 valence electrons. The Labute approximate surface area is 234 Å². The van der Waals surface area contributed by atoms with E-state index in [0.717, 1.165) is 32.5 Å². The van der Waals surface area contributed by atoms with Crippen LogP contribution in [0.2, 0.25) is 0 Å². The number of hydrogen-bond acceptors (Lipinski definition) is 8. The molecule has 0 aliphatic carbocycles. The van der Waals surface area contributed by atoms with Gasteiger partial charge in [-0.3, -0.25) is 19.3 Å². The molecule has 0 aromatic heterocycles. The van der Waals surface area contributed by atoms with Crippen molar-refractivity contribution in [1.29, 1.82) is 0 Å². The fourth-order valence-corrected chi connectivity index (χ4v) is 4.85. The van der Waals surface area contributed by atoms with Crippen molar-refractivity contribution in [2.24, 2.45) is 5.73 Å². The second-order valence-corrected chi connectivity index (χ2v) is 9.85. The summed E-state index contributed by atoms with van der Waals surface area (Å²) in [6.45, 7) is 6.52. The number of carbonyl (C=O) groups is 3. The van der Waals surface area contributed by atoms with Crippen LogP contribution in [0.25, 0.3) is 5.76 Å². The molecule has 0 saturated carbocycles. The lowest BCUT2D eigenvalue weighted by molar-refractivity contribution is -0.140. The lowest BCUT2D eigenvalue weighted by Crippen LogP contribution is -2.38. The molecule has 2 aromatic rings. The van der Waals surface area contributed by atoms with Gasteiger partial charge >= 0.3 is 0 Å². The maximum absolute atomic E-state index is 13.3. The van der Waals surface area contributed by atoms with Gasteiger partial charge in [0, 0.05) is 31.7 Å². The first-order chi connectivity index (χ1) is 19.4. The van der Waals surface area contributed by atoms with Gasteiger partial charge in [0.05, 0.1) is 31.4 Å². The number of amides is 2. The zero-order valence-corrected chi connectivity index (χ0v) is 22.8. The summed E-state index contributed by atoms with van der Waals surface area (Å²) < 4.78 is 16.5. The molecule has 2 aromatic carbocycles. The first kappa shape index (κ1) is 29.1. The summed E-state index contributed by atoms with van der Waals surface area (Å²) in [5.74, 6) is -1.14. The van der Waals surface area contributed by atoms with E-state index in [0.29, 0.717) is 55.4 Å². The average Bonchev–Trinajstić information content (AvgIpc) is 3.22. The average molecular weight is 552 g/mol. The molecule has 1 unspecified atom stereocenters. The van der Waals surface area contributed by atoms with E-state index in [-0.39, 0.29) is 17.9 Å². The molecule has 3 N–H and O–H groups in total. The summed E-state index contributed by atoms with van der Waals surface area (Å²) in [4.78, 5) is 41.5. The first-order valence-corrected chi connectivity index (χ1v) is 13.7. The van der Waals surface area contributed by atoms with Crippen LogP contribution in [-0.4, -0.2) is 85.1 Å². The first-order valence-electron chi connectivity index (χ1n) is 13.7. The number of likely N-dealkylation sites (tertiary alicyclic amines) is 1. The van der Waals surface area contributed by atoms with Crippen LogP contribution in [0.5, 0.6) is 11.5 Å². The summed E-state index contributed by atoms with van der Waals surface area (Å²) in [7, 11) is 0. The third-order valence-electron chi connectivity index (χ3n) is 6.99. The molecule has 40 heavy (non-hydrogen) atoms. The fraction of sp³-hybridized carbons (Fsp3) is 0.433. The van der Waals surface area contributed by atoms with E-state index in [4.69, 9.17) is 19.9 Å². The highest BCUT2D eigenvalue weighted by atomic mass is 16.5. The summed E-state index contributed by atoms with van der Waals surface area (Å²) in [5.41, 5.74) is 6.25. The Kier molecular flexibility index (Phi) is 10.2. The summed E-state index contributed by atoms with van der Waals surface area (Å²) in [6.07, 6.45) is 2.61. The number of morpholine rings is 1. The highest BCUT2D eigenvalue weighted by Crippen LogP contribution is 2.40. The molecule has 2 saturated heterocycles. The van der Waals surface area contributed by atoms with Gasteiger partial charge in [0.25, 0.3) is 17.6 Å². The Hall–Kier alpha value is -3.89. The monoisotopic (exact) mass is 551 g/mol. The number of hydrogen-bond donors (Lipinski definition) is 2. The molecule has 2 aliphatic heterocycles. The quantitative estimate of drug-likeness (QED) is 0.168. The topological polar surface area (TPSA) is 132 Å². The van der Waals surface area contributed by atoms with Gasteiger partial charge in [-0.05, 0) is 54.8 Å². The predicted molar refractivity (Wildman–Crippen MR) is 149 cm³/mol. The van der Waals surface area contributed by atoms with Crippen LogP contribution in [0.4, 0.5) is 0 Å². The van der Waals surface area contributed by atoms with E-state index in [1.807, 2.05) is 0 Å². The molecule has 2 aliphatic rings. The molecular weight excluding hydrogens is 514 g/mol. The van der Waals surface area contributed by atoms with Gasteiger partial charge in [-0.25, -0.2) is 0 Å². The second kappa shape index (κ2) is 14.0. The van der Waals surface area contributed by atoms with Crippen LogP contribution in [0.3, 0.4) is 0 Å². The normalized spacial score (nSPS) is 19.1. The number of primary amides is 1. The number of ether oxygens (including phenoxy) is 3. The standard InChI is InChI=1S/C30H37N3O7/c1-2-3-17-39-23-11-7-22(8-12-23)28(35)26-27(21-5-9-24(10-6-21)40-20-25(31)34)33(30(37)29(26)36)14-4-13-32-15-18-38-19-16-32/h5-12,27,35H,2-4,13-20H2,1H3,(H2,31,34). The van der Waals surface area contributed by atoms with Crippen LogP contribution in [0, 0.1) is 0 Å². The Morgan fingerprint density at radius 2 is 1.62 bits per heavy atom. The maximum atomic E-state index is 13.3. The number of nitrogens with zero attached hydrogens (tertiary/aromatic N) is 2. The number of carbonyl (C=O) groups excluding carboxylic acids is 3. The summed E-state index contributed by atoms with van der Waals surface area (Å²) in [5, 5.41) is 11.3. The third-order valence-corrected chi connectivity index (χ3v) is 6.99. The number of aliphatic hydroxyl groups excluding tert-OH is 1. The van der Waals surface area contributed by atoms with Crippen LogP contribution < -0.4 is 15.2 Å². The number of aliphatic hydroxyl groups is 1. The molecule has 0 radical (unpaired) electrons. The molecule has 1 atom stereocenters. The fourth-order valence-electron chi connectivity index (χ4n) is 4.85. The van der Waals surface area contributed by atoms with Gasteiger partial charge < -0.3 is 30.0 Å². The molecule has 2 amide bonds. The molecule has 0 bridgehead atoms. The largest absolute Gasteiger partial charge is 0.507 e. The second-order valence-electron chi connectivity index (χ2n) is 9.85. The minimum absolute atomic E-state index is 0.0295. The summed E-state index contributed by atoms with van der Waals surface area (Å²) in [6, 6.07) is 12.8. The van der Waals surface area contributed by atoms with Gasteiger partial charge in [0.15, 0.2) is 6.61 Å². The molecule has 2 fully saturated rings. The Morgan fingerprint density at radius 1 is 0.975 bits per heavy atom. The number of Topliss-reactive ketones (excluding diaryl/α,β-unsaturated/α-hetero) is 1. The van der Waals surface area contributed by atoms with Crippen LogP contribution >= 0.6 is 0 Å². The minimum Gasteiger partial charge on any atom is -0.507 e. The number of rotatable bonds is 13. The van der Waals surface area contributed by atoms with Gasteiger partial charge in [-0.1, -0.05) is 25.5 Å². The zero-order chi connectivity index (χ0) is 28.5. The number of ketones is 1. The van der Waals surface area contributed by atoms with Gasteiger partial charge in [0.2, 0.25) is 0 Å². The van der Waals surface area contributed by atoms with E-state index in [2.05, 4.69) is 11.8 Å². The predicted octanol–water partition coefficient (Wildman–Crippen LogP) is 2.87. The molecule has 4 rings (SSSR count). The van der Waals surface area contributed by atoms with Crippen molar-refractivity contribution >= 4 is 23.4 Å². The van der Waals surface area contributed by atoms with Crippen molar-refractivity contribution < 1.29 is 33.7 Å². The van der Waals surface area contributed by atoms with Crippen LogP contribution in [0.15, 0.2) is 54.1 Å². The molecule has 2 heterocycles. The van der Waals surface area contributed by atoms with E-state index in [1.165, 1.54) is 4.90 Å². The zero-order valence-electron chi connectivity index (χ0n) is 22.8. The van der Waals surface area contributed by atoms with Crippen LogP contribution in [-0.2, 0) is 19.1 Å². The van der Waals surface area contributed by atoms with Crippen molar-refractivity contribution in [3.63, 3.8) is 0 Å². The van der Waals surface area contributed by atoms with Gasteiger partial charge in [-0.15, -0.1) is 0 Å². The maximum Gasteiger partial charge on any atom is 0.295 e. The Balaban J connectivity index is 1.61. The molecule has 10 nitrogen and oxygen atoms in total. The minimum atomic E-state index is -0.782. The van der Waals surface area contributed by atoms with E-state index >= 15 is 0 Å². The van der Waals surface area contributed by atoms with Crippen molar-refractivity contribution in [3.05, 3.63) is 65.2 Å². The smallest absolute Gasteiger partial charge is 0.295 e. The highest BCUT2D eigenvalue weighted by molar-refractivity contribution is 6.46. The van der Waals surface area contributed by atoms with Crippen molar-refractivity contribution in [2.45, 2.75) is 32.2 Å². The molecule has 0 spiro atoms. The Morgan fingerprint density at radius 3 is 2.27 bits per heavy atom. The van der Waals surface area contributed by atoms with Crippen LogP contribution in [0.1, 0.15) is 43.4 Å². The Bertz CT molecular complexity index is 1200. The summed E-state index contributed by atoms with van der Waals surface area (Å²) >= 11 is 0. The third kappa shape index (κ3) is 7.19. The number of nitrogens with two attached hydrogens (primary N) is 1. The highest BCUT2D eigenvalue weighted by Gasteiger charge is 2.45. The van der Waals surface area contributed by atoms with Crippen molar-refractivity contribution in [3.8, 4) is 11.5 Å². The molecule has 10 heteroatoms. The number of unbranched alkanes of at least 4 members (excludes halogenated alkanes) is 1. The number of benzene rings is 2. The van der Waals surface area contributed by atoms with Crippen molar-refractivity contribution in [2.75, 3.05) is 52.6 Å². The lowest BCUT2D eigenvalue weighted by atomic mass is 9.95. The van der Waals surface area contributed by atoms with E-state index < -0.39 is 23.6 Å².